The second kappa shape index (κ2) is 9.16. The summed E-state index contributed by atoms with van der Waals surface area (Å²) in [6, 6.07) is 24.3. The molecule has 33 heavy (non-hydrogen) atoms. The molecule has 2 aromatic carbocycles. The van der Waals surface area contributed by atoms with E-state index in [-0.39, 0.29) is 12.5 Å². The molecule has 2 amide bonds. The van der Waals surface area contributed by atoms with E-state index in [1.807, 2.05) is 95.7 Å². The minimum atomic E-state index is -0.672. The number of carbonyl (C=O) groups is 2. The maximum absolute atomic E-state index is 13.6. The molecule has 0 radical (unpaired) electrons. The van der Waals surface area contributed by atoms with Gasteiger partial charge in [0.1, 0.15) is 18.3 Å². The van der Waals surface area contributed by atoms with Crippen molar-refractivity contribution in [3.05, 3.63) is 102 Å². The van der Waals surface area contributed by atoms with Gasteiger partial charge in [0.05, 0.1) is 6.20 Å². The van der Waals surface area contributed by atoms with E-state index in [4.69, 9.17) is 4.74 Å². The van der Waals surface area contributed by atoms with E-state index >= 15 is 0 Å². The first-order chi connectivity index (χ1) is 16.2. The lowest BCUT2D eigenvalue weighted by atomic mass is 10.0. The van der Waals surface area contributed by atoms with Crippen LogP contribution in [0, 0.1) is 0 Å². The lowest BCUT2D eigenvalue weighted by Gasteiger charge is -2.39. The minimum absolute atomic E-state index is 0.162. The van der Waals surface area contributed by atoms with Crippen LogP contribution in [0.25, 0.3) is 5.65 Å². The van der Waals surface area contributed by atoms with E-state index < -0.39 is 12.1 Å². The van der Waals surface area contributed by atoms with E-state index in [0.29, 0.717) is 25.3 Å². The Balaban J connectivity index is 1.39. The molecule has 1 saturated heterocycles. The Bertz CT molecular complexity index is 1220. The molecule has 3 heterocycles. The molecule has 1 unspecified atom stereocenters. The Labute approximate surface area is 191 Å². The van der Waals surface area contributed by atoms with Gasteiger partial charge >= 0.3 is 6.09 Å². The van der Waals surface area contributed by atoms with Crippen molar-refractivity contribution in [3.63, 3.8) is 0 Å². The molecule has 5 rings (SSSR count). The fourth-order valence-corrected chi connectivity index (χ4v) is 4.12. The number of rotatable bonds is 5. The summed E-state index contributed by atoms with van der Waals surface area (Å²) in [5.74, 6) is 0.423. The van der Waals surface area contributed by atoms with Gasteiger partial charge in [-0.2, -0.15) is 0 Å². The van der Waals surface area contributed by atoms with Gasteiger partial charge in [-0.3, -0.25) is 14.6 Å². The van der Waals surface area contributed by atoms with E-state index in [1.165, 1.54) is 0 Å². The zero-order valence-corrected chi connectivity index (χ0v) is 18.1. The molecule has 4 aromatic rings. The monoisotopic (exact) mass is 440 g/mol. The van der Waals surface area contributed by atoms with Gasteiger partial charge in [-0.1, -0.05) is 66.7 Å². The number of aromatic nitrogens is 2. The summed E-state index contributed by atoms with van der Waals surface area (Å²) in [4.78, 5) is 34.5. The number of carbonyl (C=O) groups excluding carboxylic acids is 2. The van der Waals surface area contributed by atoms with Gasteiger partial charge in [0.25, 0.3) is 5.91 Å². The summed E-state index contributed by atoms with van der Waals surface area (Å²) in [5, 5.41) is 0. The van der Waals surface area contributed by atoms with Crippen molar-refractivity contribution < 1.29 is 14.3 Å². The van der Waals surface area contributed by atoms with Crippen LogP contribution in [0.1, 0.15) is 11.1 Å². The van der Waals surface area contributed by atoms with Gasteiger partial charge < -0.3 is 9.14 Å². The molecule has 0 bridgehead atoms. The van der Waals surface area contributed by atoms with Crippen LogP contribution in [0.5, 0.6) is 0 Å². The predicted octanol–water partition coefficient (Wildman–Crippen LogP) is 3.93. The molecule has 7 nitrogen and oxygen atoms in total. The van der Waals surface area contributed by atoms with Gasteiger partial charge in [0, 0.05) is 25.7 Å². The van der Waals surface area contributed by atoms with Crippen molar-refractivity contribution in [2.45, 2.75) is 19.1 Å². The zero-order valence-electron chi connectivity index (χ0n) is 18.1. The number of piperazine rings is 1. The first-order valence-electron chi connectivity index (χ1n) is 11.0. The van der Waals surface area contributed by atoms with E-state index in [1.54, 1.807) is 9.80 Å². The van der Waals surface area contributed by atoms with Crippen molar-refractivity contribution in [2.24, 2.45) is 0 Å². The van der Waals surface area contributed by atoms with Gasteiger partial charge in [-0.15, -0.1) is 0 Å². The average Bonchev–Trinajstić information content (AvgIpc) is 3.29. The largest absolute Gasteiger partial charge is 0.445 e. The Morgan fingerprint density at radius 1 is 0.909 bits per heavy atom. The predicted molar refractivity (Wildman–Crippen MR) is 125 cm³/mol. The highest BCUT2D eigenvalue weighted by atomic mass is 16.6. The first kappa shape index (κ1) is 20.8. The molecule has 1 aliphatic heterocycles. The molecule has 0 spiro atoms. The normalized spacial score (nSPS) is 16.2. The quantitative estimate of drug-likeness (QED) is 0.472. The third-order valence-electron chi connectivity index (χ3n) is 5.83. The number of nitrogens with zero attached hydrogens (tertiary/aromatic N) is 4. The van der Waals surface area contributed by atoms with Crippen LogP contribution in [0.15, 0.2) is 91.3 Å². The number of fused-ring (bicyclic) bond motifs is 1. The van der Waals surface area contributed by atoms with Gasteiger partial charge in [-0.05, 0) is 23.3 Å². The van der Waals surface area contributed by atoms with Crippen LogP contribution in [0.3, 0.4) is 0 Å². The van der Waals surface area contributed by atoms with Crippen LogP contribution < -0.4 is 4.90 Å². The number of imidazole rings is 1. The molecular formula is C26H24N4O3. The summed E-state index contributed by atoms with van der Waals surface area (Å²) in [7, 11) is 0. The van der Waals surface area contributed by atoms with Gasteiger partial charge in [0.2, 0.25) is 0 Å². The van der Waals surface area contributed by atoms with Gasteiger partial charge in [-0.25, -0.2) is 9.78 Å². The summed E-state index contributed by atoms with van der Waals surface area (Å²) in [6.45, 7) is 0.887. The van der Waals surface area contributed by atoms with Crippen LogP contribution in [0.2, 0.25) is 0 Å². The lowest BCUT2D eigenvalue weighted by molar-refractivity contribution is -0.125. The van der Waals surface area contributed by atoms with Crippen LogP contribution in [-0.2, 0) is 22.6 Å². The Morgan fingerprint density at radius 2 is 1.61 bits per heavy atom. The second-order valence-corrected chi connectivity index (χ2v) is 7.99. The highest BCUT2D eigenvalue weighted by Gasteiger charge is 2.39. The maximum atomic E-state index is 13.6. The molecule has 1 fully saturated rings. The molecule has 0 saturated carbocycles. The maximum Gasteiger partial charge on any atom is 0.410 e. The van der Waals surface area contributed by atoms with Crippen LogP contribution >= 0.6 is 0 Å². The van der Waals surface area contributed by atoms with E-state index in [2.05, 4.69) is 4.98 Å². The minimum Gasteiger partial charge on any atom is -0.445 e. The van der Waals surface area contributed by atoms with Crippen LogP contribution in [0.4, 0.5) is 10.6 Å². The summed E-state index contributed by atoms with van der Waals surface area (Å²) < 4.78 is 7.45. The molecule has 2 aromatic heterocycles. The topological polar surface area (TPSA) is 67.2 Å². The Hall–Kier alpha value is -4.13. The lowest BCUT2D eigenvalue weighted by Crippen LogP contribution is -2.60. The first-order valence-corrected chi connectivity index (χ1v) is 11.0. The number of benzene rings is 2. The molecule has 1 aliphatic rings. The zero-order chi connectivity index (χ0) is 22.6. The number of amides is 2. The summed E-state index contributed by atoms with van der Waals surface area (Å²) >= 11 is 0. The molecule has 166 valence electrons. The fourth-order valence-electron chi connectivity index (χ4n) is 4.12. The smallest absolute Gasteiger partial charge is 0.410 e. The molecular weight excluding hydrogens is 416 g/mol. The van der Waals surface area contributed by atoms with E-state index in [9.17, 15) is 9.59 Å². The molecule has 7 heteroatoms. The van der Waals surface area contributed by atoms with E-state index in [0.717, 1.165) is 16.8 Å². The molecule has 1 atom stereocenters. The third-order valence-corrected chi connectivity index (χ3v) is 5.83. The Kier molecular flexibility index (Phi) is 5.76. The third kappa shape index (κ3) is 4.43. The number of hydrogen-bond acceptors (Lipinski definition) is 4. The van der Waals surface area contributed by atoms with Crippen molar-refractivity contribution in [1.82, 2.24) is 14.3 Å². The van der Waals surface area contributed by atoms with Crippen molar-refractivity contribution >= 4 is 23.5 Å². The van der Waals surface area contributed by atoms with Gasteiger partial charge in [0.15, 0.2) is 5.82 Å². The average molecular weight is 441 g/mol. The van der Waals surface area contributed by atoms with Crippen molar-refractivity contribution in [3.8, 4) is 0 Å². The van der Waals surface area contributed by atoms with Crippen molar-refractivity contribution in [1.29, 1.82) is 0 Å². The highest BCUT2D eigenvalue weighted by Crippen LogP contribution is 2.23. The standard InChI is InChI=1S/C26H24N4O3/c31-25-22(17-20-9-3-1-4-10-20)29(26(32)33-19-21-11-5-2-6-12-21)15-16-30(25)24-18-28-14-8-7-13-23(28)27-24/h1-14,18,22H,15-17,19H2. The number of pyridine rings is 1. The Morgan fingerprint density at radius 3 is 2.33 bits per heavy atom. The number of hydrogen-bond donors (Lipinski definition) is 0. The van der Waals surface area contributed by atoms with Crippen LogP contribution in [-0.4, -0.2) is 45.4 Å². The molecule has 0 N–H and O–H groups in total. The second-order valence-electron chi connectivity index (χ2n) is 7.99. The van der Waals surface area contributed by atoms with Crippen molar-refractivity contribution in [2.75, 3.05) is 18.0 Å². The fraction of sp³-hybridized carbons (Fsp3) is 0.192. The summed E-state index contributed by atoms with van der Waals surface area (Å²) in [5.41, 5.74) is 2.65. The highest BCUT2D eigenvalue weighted by molar-refractivity contribution is 5.99. The SMILES string of the molecule is O=C1C(Cc2ccccc2)N(C(=O)OCc2ccccc2)CCN1c1cn2ccccc2n1. The number of ether oxygens (including phenoxy) is 1. The number of anilines is 1. The molecule has 0 aliphatic carbocycles. The summed E-state index contributed by atoms with van der Waals surface area (Å²) in [6.07, 6.45) is 3.66.